The summed E-state index contributed by atoms with van der Waals surface area (Å²) in [5.74, 6) is 0. The van der Waals surface area contributed by atoms with Gasteiger partial charge in [-0.1, -0.05) is 0 Å². The second-order valence-electron chi connectivity index (χ2n) is 7.94. The minimum absolute atomic E-state index is 0. The molecule has 3 heteroatoms. The molecule has 0 saturated carbocycles. The molecule has 4 rings (SSSR count). The van der Waals surface area contributed by atoms with Crippen LogP contribution < -0.4 is 24.8 Å². The van der Waals surface area contributed by atoms with Crippen LogP contribution in [-0.2, 0) is 23.2 Å². The van der Waals surface area contributed by atoms with E-state index in [1.54, 1.807) is 22.3 Å². The molecule has 0 fully saturated rings. The first-order valence-corrected chi connectivity index (χ1v) is 13.5. The van der Waals surface area contributed by atoms with Crippen LogP contribution in [0.1, 0.15) is 81.9 Å². The summed E-state index contributed by atoms with van der Waals surface area (Å²) in [6, 6.07) is 18.4. The first-order chi connectivity index (χ1) is 13.3. The van der Waals surface area contributed by atoms with Gasteiger partial charge in [0.1, 0.15) is 0 Å². The van der Waals surface area contributed by atoms with Gasteiger partial charge in [0.15, 0.2) is 0 Å². The standard InChI is InChI=1S/2C13H15.2ClH.Zr/c2*1-2-3-6-11-9-12-7-4-5-8-13(12)10-11;;;/h2*4-5,7-10H,2-3,6H2,1H3;2*1H;/q;;;;+2/p-2. The Morgan fingerprint density at radius 2 is 1.07 bits per heavy atom. The molecule has 29 heavy (non-hydrogen) atoms. The third-order valence-corrected chi connectivity index (χ3v) is 11.0. The Bertz CT molecular complexity index is 797. The quantitative estimate of drug-likeness (QED) is 0.514. The van der Waals surface area contributed by atoms with Crippen molar-refractivity contribution in [3.8, 4) is 0 Å². The van der Waals surface area contributed by atoms with Crippen LogP contribution in [0.2, 0.25) is 0 Å². The molecule has 0 radical (unpaired) electrons. The normalized spacial score (nSPS) is 18.6. The van der Waals surface area contributed by atoms with Crippen molar-refractivity contribution in [2.45, 2.75) is 59.6 Å². The van der Waals surface area contributed by atoms with Gasteiger partial charge in [0, 0.05) is 0 Å². The fourth-order valence-electron chi connectivity index (χ4n) is 4.53. The zero-order chi connectivity index (χ0) is 18.6. The second kappa shape index (κ2) is 11.7. The summed E-state index contributed by atoms with van der Waals surface area (Å²) in [6.07, 6.45) is 12.9. The van der Waals surface area contributed by atoms with E-state index >= 15 is 0 Å². The second-order valence-corrected chi connectivity index (χ2v) is 11.6. The zero-order valence-electron chi connectivity index (χ0n) is 17.4. The predicted octanol–water partition coefficient (Wildman–Crippen LogP) is 1.73. The Balaban J connectivity index is 0.00000150. The Hall–Kier alpha value is -0.617. The molecule has 0 aliphatic heterocycles. The van der Waals surface area contributed by atoms with Gasteiger partial charge in [-0.2, -0.15) is 0 Å². The van der Waals surface area contributed by atoms with E-state index in [1.807, 2.05) is 0 Å². The molecular formula is C26H30Cl2Zr. The van der Waals surface area contributed by atoms with E-state index in [4.69, 9.17) is 0 Å². The van der Waals surface area contributed by atoms with Gasteiger partial charge in [-0.25, -0.2) is 0 Å². The van der Waals surface area contributed by atoms with Crippen LogP contribution >= 0.6 is 0 Å². The molecule has 2 aromatic rings. The van der Waals surface area contributed by atoms with Crippen LogP contribution in [0.15, 0.2) is 59.7 Å². The van der Waals surface area contributed by atoms with Gasteiger partial charge in [0.2, 0.25) is 0 Å². The Kier molecular flexibility index (Phi) is 9.93. The molecule has 2 aromatic carbocycles. The van der Waals surface area contributed by atoms with Crippen molar-refractivity contribution in [2.75, 3.05) is 0 Å². The van der Waals surface area contributed by atoms with Crippen LogP contribution in [0.4, 0.5) is 0 Å². The first kappa shape index (κ1) is 24.7. The van der Waals surface area contributed by atoms with Crippen molar-refractivity contribution in [3.05, 3.63) is 81.9 Å². The van der Waals surface area contributed by atoms with Gasteiger partial charge < -0.3 is 24.8 Å². The zero-order valence-corrected chi connectivity index (χ0v) is 21.4. The van der Waals surface area contributed by atoms with Crippen LogP contribution in [0.5, 0.6) is 0 Å². The van der Waals surface area contributed by atoms with E-state index in [0.29, 0.717) is 0 Å². The molecule has 2 aliphatic carbocycles. The Morgan fingerprint density at radius 3 is 1.48 bits per heavy atom. The monoisotopic (exact) mass is 502 g/mol. The maximum absolute atomic E-state index is 2.53. The molecule has 152 valence electrons. The van der Waals surface area contributed by atoms with Gasteiger partial charge >= 0.3 is 177 Å². The topological polar surface area (TPSA) is 0 Å². The van der Waals surface area contributed by atoms with Crippen LogP contribution in [0, 0.1) is 0 Å². The number of allylic oxidation sites excluding steroid dienone is 2. The fraction of sp³-hybridized carbons (Fsp3) is 0.385. The molecule has 0 nitrogen and oxygen atoms in total. The first-order valence-electron chi connectivity index (χ1n) is 10.7. The van der Waals surface area contributed by atoms with E-state index < -0.39 is 23.2 Å². The minimum atomic E-state index is -0.693. The Labute approximate surface area is 200 Å². The van der Waals surface area contributed by atoms with Gasteiger partial charge in [-0.3, -0.25) is 0 Å². The summed E-state index contributed by atoms with van der Waals surface area (Å²) >= 11 is -0.693. The maximum atomic E-state index is 2.53. The molecule has 0 heterocycles. The van der Waals surface area contributed by atoms with E-state index in [1.165, 1.54) is 49.7 Å². The van der Waals surface area contributed by atoms with Crippen LogP contribution in [0.25, 0.3) is 12.2 Å². The van der Waals surface area contributed by atoms with Crippen molar-refractivity contribution < 1.29 is 48.0 Å². The van der Waals surface area contributed by atoms with E-state index in [0.717, 1.165) is 7.25 Å². The van der Waals surface area contributed by atoms with Gasteiger partial charge in [-0.05, 0) is 0 Å². The number of hydrogen-bond donors (Lipinski definition) is 0. The minimum Gasteiger partial charge on any atom is -1.00 e. The van der Waals surface area contributed by atoms with Crippen LogP contribution in [0.3, 0.4) is 0 Å². The average Bonchev–Trinajstić information content (AvgIpc) is 3.23. The molecule has 2 atom stereocenters. The summed E-state index contributed by atoms with van der Waals surface area (Å²) < 4.78 is 1.52. The number of unbranched alkanes of at least 4 members (excludes halogenated alkanes) is 2. The molecule has 2 aliphatic rings. The molecule has 2 unspecified atom stereocenters. The molecule has 0 saturated heterocycles. The maximum Gasteiger partial charge on any atom is -1.00 e. The molecule has 0 aromatic heterocycles. The van der Waals surface area contributed by atoms with Crippen molar-refractivity contribution in [1.82, 2.24) is 0 Å². The third kappa shape index (κ3) is 5.36. The number of hydrogen-bond acceptors (Lipinski definition) is 0. The average molecular weight is 505 g/mol. The van der Waals surface area contributed by atoms with Gasteiger partial charge in [-0.15, -0.1) is 0 Å². The summed E-state index contributed by atoms with van der Waals surface area (Å²) in [7, 11) is 0. The third-order valence-electron chi connectivity index (χ3n) is 6.01. The SMILES string of the molecule is CCCCC1=Cc2ccccc2[CH]1[Zr+2][CH]1C(CCCC)=Cc2ccccc21.[Cl-].[Cl-]. The molecule has 0 bridgehead atoms. The smallest absolute Gasteiger partial charge is 1.00 e. The predicted molar refractivity (Wildman–Crippen MR) is 113 cm³/mol. The van der Waals surface area contributed by atoms with E-state index in [2.05, 4.69) is 74.5 Å². The van der Waals surface area contributed by atoms with E-state index in [9.17, 15) is 0 Å². The molecular weight excluding hydrogens is 474 g/mol. The molecule has 0 amide bonds. The van der Waals surface area contributed by atoms with Crippen molar-refractivity contribution in [1.29, 1.82) is 0 Å². The van der Waals surface area contributed by atoms with Crippen molar-refractivity contribution in [2.24, 2.45) is 0 Å². The summed E-state index contributed by atoms with van der Waals surface area (Å²) in [5.41, 5.74) is 9.75. The summed E-state index contributed by atoms with van der Waals surface area (Å²) in [4.78, 5) is 0. The van der Waals surface area contributed by atoms with E-state index in [-0.39, 0.29) is 24.8 Å². The summed E-state index contributed by atoms with van der Waals surface area (Å²) in [5, 5.41) is 0. The number of fused-ring (bicyclic) bond motifs is 2. The van der Waals surface area contributed by atoms with Gasteiger partial charge in [0.25, 0.3) is 0 Å². The summed E-state index contributed by atoms with van der Waals surface area (Å²) in [6.45, 7) is 4.63. The molecule has 0 spiro atoms. The number of halogens is 2. The van der Waals surface area contributed by atoms with Crippen molar-refractivity contribution >= 4 is 12.2 Å². The number of rotatable bonds is 8. The fourth-order valence-corrected chi connectivity index (χ4v) is 9.70. The van der Waals surface area contributed by atoms with Crippen molar-refractivity contribution in [3.63, 3.8) is 0 Å². The van der Waals surface area contributed by atoms with Gasteiger partial charge in [0.05, 0.1) is 0 Å². The molecule has 0 N–H and O–H groups in total. The largest absolute Gasteiger partial charge is 1.00 e. The number of benzene rings is 2. The Morgan fingerprint density at radius 1 is 0.655 bits per heavy atom. The van der Waals surface area contributed by atoms with Crippen LogP contribution in [-0.4, -0.2) is 0 Å².